The van der Waals surface area contributed by atoms with Crippen LogP contribution in [0.2, 0.25) is 0 Å². The number of hydrogen-bond donors (Lipinski definition) is 2. The Kier molecular flexibility index (Phi) is 3.65. The molecule has 2 N–H and O–H groups in total. The number of aromatic nitrogens is 6. The average Bonchev–Trinajstić information content (AvgIpc) is 3.08. The fourth-order valence-corrected chi connectivity index (χ4v) is 2.92. The number of aromatic amines is 1. The van der Waals surface area contributed by atoms with E-state index in [-0.39, 0.29) is 5.69 Å². The summed E-state index contributed by atoms with van der Waals surface area (Å²) in [5, 5.41) is 10.8. The predicted octanol–water partition coefficient (Wildman–Crippen LogP) is 1.22. The van der Waals surface area contributed by atoms with Gasteiger partial charge in [-0.15, -0.1) is 5.10 Å². The van der Waals surface area contributed by atoms with Gasteiger partial charge < -0.3 is 9.72 Å². The van der Waals surface area contributed by atoms with E-state index in [2.05, 4.69) is 25.5 Å². The van der Waals surface area contributed by atoms with Crippen molar-refractivity contribution in [3.63, 3.8) is 0 Å². The van der Waals surface area contributed by atoms with Gasteiger partial charge in [0.05, 0.1) is 6.20 Å². The Hall–Kier alpha value is -2.29. The largest absolute Gasteiger partial charge is 0.372 e. The van der Waals surface area contributed by atoms with Crippen LogP contribution in [0.4, 0.5) is 5.82 Å². The van der Waals surface area contributed by atoms with E-state index in [4.69, 9.17) is 0 Å². The molecule has 0 radical (unpaired) electrons. The molecule has 0 aliphatic rings. The van der Waals surface area contributed by atoms with Crippen LogP contribution in [0.5, 0.6) is 0 Å². The van der Waals surface area contributed by atoms with Crippen LogP contribution < -0.4 is 11.0 Å². The van der Waals surface area contributed by atoms with Gasteiger partial charge in [0, 0.05) is 26.0 Å². The molecule has 0 spiro atoms. The summed E-state index contributed by atoms with van der Waals surface area (Å²) < 4.78 is 3.49. The Balaban J connectivity index is 2.05. The number of imidazole rings is 1. The van der Waals surface area contributed by atoms with Gasteiger partial charge in [-0.3, -0.25) is 4.57 Å². The van der Waals surface area contributed by atoms with Gasteiger partial charge in [0.25, 0.3) is 0 Å². The monoisotopic (exact) mass is 305 g/mol. The van der Waals surface area contributed by atoms with E-state index in [9.17, 15) is 4.79 Å². The van der Waals surface area contributed by atoms with Gasteiger partial charge in [0.15, 0.2) is 10.8 Å². The normalized spacial score (nSPS) is 11.1. The van der Waals surface area contributed by atoms with E-state index >= 15 is 0 Å². The molecule has 8 nitrogen and oxygen atoms in total. The minimum absolute atomic E-state index is 0.205. The van der Waals surface area contributed by atoms with E-state index in [0.717, 1.165) is 17.9 Å². The zero-order valence-electron chi connectivity index (χ0n) is 11.7. The second-order valence-electron chi connectivity index (χ2n) is 4.40. The van der Waals surface area contributed by atoms with Crippen LogP contribution in [0.3, 0.4) is 0 Å². The Labute approximate surface area is 124 Å². The Morgan fingerprint density at radius 1 is 1.48 bits per heavy atom. The molecule has 3 aromatic heterocycles. The van der Waals surface area contributed by atoms with Crippen LogP contribution in [0.1, 0.15) is 13.3 Å². The Morgan fingerprint density at radius 3 is 3.10 bits per heavy atom. The molecule has 0 amide bonds. The first-order valence-electron chi connectivity index (χ1n) is 6.57. The minimum Gasteiger partial charge on any atom is -0.372 e. The lowest BCUT2D eigenvalue weighted by molar-refractivity contribution is 0.603. The van der Waals surface area contributed by atoms with Crippen LogP contribution in [-0.2, 0) is 6.54 Å². The van der Waals surface area contributed by atoms with Crippen molar-refractivity contribution in [3.05, 3.63) is 29.1 Å². The summed E-state index contributed by atoms with van der Waals surface area (Å²) in [4.78, 5) is 20.5. The molecule has 3 aromatic rings. The van der Waals surface area contributed by atoms with Crippen molar-refractivity contribution < 1.29 is 0 Å². The standard InChI is InChI=1S/C12H15N7OS/c1-3-5-19-11(20)16-17-12(19)21-10-9-14-4-6-18(9)7-8(13-2)15-10/h4,6-7,13H,3,5H2,1-2H3,(H,16,20). The van der Waals surface area contributed by atoms with Crippen LogP contribution >= 0.6 is 11.8 Å². The smallest absolute Gasteiger partial charge is 0.343 e. The topological polar surface area (TPSA) is 92.9 Å². The SMILES string of the molecule is CCCn1c(Sc2nc(NC)cn3ccnc23)n[nH]c1=O. The number of anilines is 1. The maximum Gasteiger partial charge on any atom is 0.343 e. The third-order valence-electron chi connectivity index (χ3n) is 2.96. The highest BCUT2D eigenvalue weighted by Crippen LogP contribution is 2.27. The molecule has 0 saturated heterocycles. The quantitative estimate of drug-likeness (QED) is 0.736. The summed E-state index contributed by atoms with van der Waals surface area (Å²) in [6.07, 6.45) is 6.28. The molecule has 0 aliphatic carbocycles. The van der Waals surface area contributed by atoms with Gasteiger partial charge in [-0.05, 0) is 18.2 Å². The van der Waals surface area contributed by atoms with Gasteiger partial charge in [-0.2, -0.15) is 0 Å². The number of rotatable bonds is 5. The summed E-state index contributed by atoms with van der Waals surface area (Å²) in [5.74, 6) is 0.725. The molecule has 0 fully saturated rings. The highest BCUT2D eigenvalue weighted by Gasteiger charge is 2.14. The van der Waals surface area contributed by atoms with E-state index in [1.54, 1.807) is 17.8 Å². The maximum atomic E-state index is 11.7. The average molecular weight is 305 g/mol. The number of hydrogen-bond acceptors (Lipinski definition) is 6. The summed E-state index contributed by atoms with van der Waals surface area (Å²) in [6.45, 7) is 2.63. The molecule has 0 unspecified atom stereocenters. The van der Waals surface area contributed by atoms with E-state index in [1.807, 2.05) is 23.7 Å². The van der Waals surface area contributed by atoms with Crippen molar-refractivity contribution in [2.24, 2.45) is 0 Å². The zero-order chi connectivity index (χ0) is 14.8. The number of fused-ring (bicyclic) bond motifs is 1. The maximum absolute atomic E-state index is 11.7. The number of nitrogens with one attached hydrogen (secondary N) is 2. The van der Waals surface area contributed by atoms with E-state index < -0.39 is 0 Å². The molecule has 0 bridgehead atoms. The molecular formula is C12H15N7OS. The molecule has 21 heavy (non-hydrogen) atoms. The lowest BCUT2D eigenvalue weighted by atomic mass is 10.5. The Bertz CT molecular complexity index is 818. The highest BCUT2D eigenvalue weighted by atomic mass is 32.2. The first kappa shape index (κ1) is 13.7. The molecule has 0 atom stereocenters. The lowest BCUT2D eigenvalue weighted by Gasteiger charge is -2.07. The van der Waals surface area contributed by atoms with Gasteiger partial charge in [0.1, 0.15) is 10.8 Å². The van der Waals surface area contributed by atoms with Crippen molar-refractivity contribution >= 4 is 23.2 Å². The van der Waals surface area contributed by atoms with Gasteiger partial charge in [0.2, 0.25) is 0 Å². The second-order valence-corrected chi connectivity index (χ2v) is 5.36. The highest BCUT2D eigenvalue weighted by molar-refractivity contribution is 7.99. The fourth-order valence-electron chi connectivity index (χ4n) is 1.98. The molecule has 0 aliphatic heterocycles. The van der Waals surface area contributed by atoms with Crippen LogP contribution in [0.15, 0.2) is 33.6 Å². The zero-order valence-corrected chi connectivity index (χ0v) is 12.5. The summed E-state index contributed by atoms with van der Waals surface area (Å²) in [7, 11) is 1.81. The third-order valence-corrected chi connectivity index (χ3v) is 3.92. The number of nitrogens with zero attached hydrogens (tertiary/aromatic N) is 5. The van der Waals surface area contributed by atoms with Gasteiger partial charge in [-0.1, -0.05) is 6.92 Å². The fraction of sp³-hybridized carbons (Fsp3) is 0.333. The second kappa shape index (κ2) is 5.60. The van der Waals surface area contributed by atoms with Crippen LogP contribution in [-0.4, -0.2) is 36.2 Å². The Morgan fingerprint density at radius 2 is 2.33 bits per heavy atom. The summed E-state index contributed by atoms with van der Waals surface area (Å²) >= 11 is 1.32. The molecular weight excluding hydrogens is 290 g/mol. The first-order chi connectivity index (χ1) is 10.2. The first-order valence-corrected chi connectivity index (χ1v) is 7.39. The molecule has 9 heteroatoms. The van der Waals surface area contributed by atoms with Crippen LogP contribution in [0.25, 0.3) is 5.65 Å². The summed E-state index contributed by atoms with van der Waals surface area (Å²) in [6, 6.07) is 0. The van der Waals surface area contributed by atoms with Crippen molar-refractivity contribution in [3.8, 4) is 0 Å². The molecule has 3 heterocycles. The number of H-pyrrole nitrogens is 1. The van der Waals surface area contributed by atoms with E-state index in [0.29, 0.717) is 16.7 Å². The van der Waals surface area contributed by atoms with E-state index in [1.165, 1.54) is 11.8 Å². The van der Waals surface area contributed by atoms with Gasteiger partial charge in [-0.25, -0.2) is 19.9 Å². The van der Waals surface area contributed by atoms with Crippen LogP contribution in [0, 0.1) is 0 Å². The molecule has 3 rings (SSSR count). The minimum atomic E-state index is -0.205. The van der Waals surface area contributed by atoms with Crippen molar-refractivity contribution in [1.29, 1.82) is 0 Å². The van der Waals surface area contributed by atoms with Crippen molar-refractivity contribution in [1.82, 2.24) is 29.1 Å². The predicted molar refractivity (Wildman–Crippen MR) is 79.8 cm³/mol. The third kappa shape index (κ3) is 2.51. The molecule has 0 saturated carbocycles. The van der Waals surface area contributed by atoms with Gasteiger partial charge >= 0.3 is 5.69 Å². The van der Waals surface area contributed by atoms with Crippen molar-refractivity contribution in [2.45, 2.75) is 30.1 Å². The van der Waals surface area contributed by atoms with Crippen molar-refractivity contribution in [2.75, 3.05) is 12.4 Å². The lowest BCUT2D eigenvalue weighted by Crippen LogP contribution is -2.17. The summed E-state index contributed by atoms with van der Waals surface area (Å²) in [5.41, 5.74) is 0.529. The molecule has 0 aromatic carbocycles. The molecule has 110 valence electrons.